The summed E-state index contributed by atoms with van der Waals surface area (Å²) in [5.74, 6) is 0.952. The Morgan fingerprint density at radius 2 is 1.96 bits per heavy atom. The van der Waals surface area contributed by atoms with Crippen LogP contribution in [-0.2, 0) is 12.3 Å². The van der Waals surface area contributed by atoms with Crippen LogP contribution in [-0.4, -0.2) is 19.7 Å². The van der Waals surface area contributed by atoms with Crippen LogP contribution in [0.5, 0.6) is 0 Å². The van der Waals surface area contributed by atoms with E-state index in [0.717, 1.165) is 23.1 Å². The van der Waals surface area contributed by atoms with Crippen molar-refractivity contribution in [3.05, 3.63) is 59.1 Å². The maximum atomic E-state index is 13.9. The minimum atomic E-state index is -0.304. The lowest BCUT2D eigenvalue weighted by molar-refractivity contribution is 0.617. The fourth-order valence-electron chi connectivity index (χ4n) is 2.18. The highest BCUT2D eigenvalue weighted by atomic mass is 35.5. The highest BCUT2D eigenvalue weighted by molar-refractivity contribution is 7.98. The molecule has 0 saturated carbocycles. The molecule has 2 aromatic heterocycles. The van der Waals surface area contributed by atoms with Crippen LogP contribution in [0.2, 0.25) is 5.02 Å². The minimum Gasteiger partial charge on any atom is -0.302 e. The molecule has 0 bridgehead atoms. The van der Waals surface area contributed by atoms with Crippen LogP contribution in [0.15, 0.2) is 47.9 Å². The Morgan fingerprint density at radius 3 is 2.65 bits per heavy atom. The van der Waals surface area contributed by atoms with Crippen molar-refractivity contribution in [2.24, 2.45) is 0 Å². The Balaban J connectivity index is 1.82. The zero-order chi connectivity index (χ0) is 16.2. The highest BCUT2D eigenvalue weighted by Gasteiger charge is 2.14. The second kappa shape index (κ2) is 7.10. The summed E-state index contributed by atoms with van der Waals surface area (Å²) >= 11 is 7.23. The summed E-state index contributed by atoms with van der Waals surface area (Å²) in [6.07, 6.45) is 3.44. The van der Waals surface area contributed by atoms with Crippen LogP contribution in [0.25, 0.3) is 11.4 Å². The first kappa shape index (κ1) is 16.0. The number of halogens is 2. The van der Waals surface area contributed by atoms with Gasteiger partial charge < -0.3 is 4.57 Å². The van der Waals surface area contributed by atoms with Crippen LogP contribution in [0.3, 0.4) is 0 Å². The third-order valence-corrected chi connectivity index (χ3v) is 4.59. The maximum absolute atomic E-state index is 13.9. The topological polar surface area (TPSA) is 43.6 Å². The van der Waals surface area contributed by atoms with Crippen LogP contribution in [0.1, 0.15) is 12.5 Å². The summed E-state index contributed by atoms with van der Waals surface area (Å²) in [6, 6.07) is 8.49. The van der Waals surface area contributed by atoms with Crippen LogP contribution < -0.4 is 0 Å². The van der Waals surface area contributed by atoms with Gasteiger partial charge in [0.25, 0.3) is 0 Å². The fourth-order valence-corrected chi connectivity index (χ4v) is 3.32. The van der Waals surface area contributed by atoms with E-state index in [9.17, 15) is 4.39 Å². The first-order chi connectivity index (χ1) is 11.2. The van der Waals surface area contributed by atoms with E-state index in [1.807, 2.05) is 23.6 Å². The zero-order valence-electron chi connectivity index (χ0n) is 12.4. The molecule has 1 aromatic carbocycles. The van der Waals surface area contributed by atoms with Crippen molar-refractivity contribution in [2.45, 2.75) is 24.4 Å². The maximum Gasteiger partial charge on any atom is 0.191 e. The van der Waals surface area contributed by atoms with Crippen LogP contribution in [0.4, 0.5) is 4.39 Å². The summed E-state index contributed by atoms with van der Waals surface area (Å²) in [5, 5.41) is 9.64. The first-order valence-corrected chi connectivity index (χ1v) is 8.45. The number of hydrogen-bond acceptors (Lipinski definition) is 4. The van der Waals surface area contributed by atoms with Gasteiger partial charge in [-0.15, -0.1) is 10.2 Å². The predicted octanol–water partition coefficient (Wildman–Crippen LogP) is 4.44. The second-order valence-electron chi connectivity index (χ2n) is 4.81. The van der Waals surface area contributed by atoms with Crippen molar-refractivity contribution in [2.75, 3.05) is 0 Å². The van der Waals surface area contributed by atoms with Crippen molar-refractivity contribution in [1.82, 2.24) is 19.7 Å². The number of benzene rings is 1. The molecular formula is C16H14ClFN4S. The third kappa shape index (κ3) is 3.54. The normalized spacial score (nSPS) is 10.9. The largest absolute Gasteiger partial charge is 0.302 e. The molecular weight excluding hydrogens is 335 g/mol. The summed E-state index contributed by atoms with van der Waals surface area (Å²) in [6.45, 7) is 2.76. The second-order valence-corrected chi connectivity index (χ2v) is 6.19. The summed E-state index contributed by atoms with van der Waals surface area (Å²) in [5.41, 5.74) is 1.55. The predicted molar refractivity (Wildman–Crippen MR) is 89.9 cm³/mol. The summed E-state index contributed by atoms with van der Waals surface area (Å²) < 4.78 is 15.9. The number of pyridine rings is 1. The summed E-state index contributed by atoms with van der Waals surface area (Å²) in [4.78, 5) is 4.01. The Kier molecular flexibility index (Phi) is 4.93. The number of nitrogens with zero attached hydrogens (tertiary/aromatic N) is 4. The van der Waals surface area contributed by atoms with E-state index in [-0.39, 0.29) is 5.82 Å². The molecule has 0 saturated heterocycles. The number of aromatic nitrogens is 4. The van der Waals surface area contributed by atoms with Gasteiger partial charge in [-0.25, -0.2) is 4.39 Å². The quantitative estimate of drug-likeness (QED) is 0.639. The molecule has 23 heavy (non-hydrogen) atoms. The molecule has 0 spiro atoms. The molecule has 0 unspecified atom stereocenters. The average molecular weight is 349 g/mol. The van der Waals surface area contributed by atoms with Crippen molar-refractivity contribution < 1.29 is 4.39 Å². The molecule has 118 valence electrons. The van der Waals surface area contributed by atoms with E-state index >= 15 is 0 Å². The van der Waals surface area contributed by atoms with Crippen molar-refractivity contribution in [1.29, 1.82) is 0 Å². The molecule has 0 aliphatic carbocycles. The molecule has 0 atom stereocenters. The SMILES string of the molecule is CCn1c(SCc2ccc(Cl)cc2F)nnc1-c1ccncc1. The third-order valence-electron chi connectivity index (χ3n) is 3.34. The fraction of sp³-hybridized carbons (Fsp3) is 0.188. The van der Waals surface area contributed by atoms with Gasteiger partial charge in [0, 0.05) is 35.3 Å². The van der Waals surface area contributed by atoms with Gasteiger partial charge in [0.05, 0.1) is 0 Å². The molecule has 2 heterocycles. The monoisotopic (exact) mass is 348 g/mol. The first-order valence-electron chi connectivity index (χ1n) is 7.09. The lowest BCUT2D eigenvalue weighted by Crippen LogP contribution is -2.00. The zero-order valence-corrected chi connectivity index (χ0v) is 14.0. The Labute approximate surface area is 142 Å². The van der Waals surface area contributed by atoms with Gasteiger partial charge in [-0.3, -0.25) is 4.98 Å². The van der Waals surface area contributed by atoms with Gasteiger partial charge >= 0.3 is 0 Å². The van der Waals surface area contributed by atoms with E-state index in [1.54, 1.807) is 24.5 Å². The van der Waals surface area contributed by atoms with Crippen LogP contribution >= 0.6 is 23.4 Å². The lowest BCUT2D eigenvalue weighted by atomic mass is 10.2. The van der Waals surface area contributed by atoms with Gasteiger partial charge in [-0.05, 0) is 36.8 Å². The van der Waals surface area contributed by atoms with Crippen molar-refractivity contribution in [3.63, 3.8) is 0 Å². The van der Waals surface area contributed by atoms with Crippen molar-refractivity contribution >= 4 is 23.4 Å². The van der Waals surface area contributed by atoms with Gasteiger partial charge in [0.2, 0.25) is 0 Å². The molecule has 0 fully saturated rings. The Morgan fingerprint density at radius 1 is 1.17 bits per heavy atom. The molecule has 0 aliphatic heterocycles. The van der Waals surface area contributed by atoms with Crippen LogP contribution in [0, 0.1) is 5.82 Å². The molecule has 0 N–H and O–H groups in total. The summed E-state index contributed by atoms with van der Waals surface area (Å²) in [7, 11) is 0. The highest BCUT2D eigenvalue weighted by Crippen LogP contribution is 2.27. The van der Waals surface area contributed by atoms with Crippen molar-refractivity contribution in [3.8, 4) is 11.4 Å². The van der Waals surface area contributed by atoms with Gasteiger partial charge in [-0.2, -0.15) is 0 Å². The molecule has 0 radical (unpaired) electrons. The molecule has 3 aromatic rings. The standard InChI is InChI=1S/C16H14ClFN4S/c1-2-22-15(11-5-7-19-8-6-11)20-21-16(22)23-10-12-3-4-13(17)9-14(12)18/h3-9H,2,10H2,1H3. The van der Waals surface area contributed by atoms with E-state index in [2.05, 4.69) is 15.2 Å². The number of rotatable bonds is 5. The Hall–Kier alpha value is -1.92. The molecule has 4 nitrogen and oxygen atoms in total. The van der Waals surface area contributed by atoms with E-state index in [1.165, 1.54) is 17.8 Å². The Bertz CT molecular complexity index is 807. The minimum absolute atomic E-state index is 0.304. The molecule has 3 rings (SSSR count). The average Bonchev–Trinajstić information content (AvgIpc) is 2.98. The molecule has 0 aliphatic rings. The van der Waals surface area contributed by atoms with Gasteiger partial charge in [0.1, 0.15) is 5.82 Å². The number of hydrogen-bond donors (Lipinski definition) is 0. The molecule has 0 amide bonds. The molecule has 7 heteroatoms. The van der Waals surface area contributed by atoms with Gasteiger partial charge in [0.15, 0.2) is 11.0 Å². The van der Waals surface area contributed by atoms with E-state index in [0.29, 0.717) is 16.3 Å². The van der Waals surface area contributed by atoms with E-state index in [4.69, 9.17) is 11.6 Å². The van der Waals surface area contributed by atoms with E-state index < -0.39 is 0 Å². The van der Waals surface area contributed by atoms with Gasteiger partial charge in [-0.1, -0.05) is 29.4 Å². The lowest BCUT2D eigenvalue weighted by Gasteiger charge is -2.07. The smallest absolute Gasteiger partial charge is 0.191 e. The number of thioether (sulfide) groups is 1.